The monoisotopic (exact) mass is 252 g/mol. The van der Waals surface area contributed by atoms with E-state index in [0.717, 1.165) is 0 Å². The largest absolute Gasteiger partial charge is 0.373 e. The Bertz CT molecular complexity index is 559. The maximum Gasteiger partial charge on any atom is 0.222 e. The van der Waals surface area contributed by atoms with E-state index in [2.05, 4.69) is 15.3 Å². The molecule has 0 aliphatic rings. The molecule has 0 saturated carbocycles. The number of nitrogens with two attached hydrogens (primary N) is 1. The quantitative estimate of drug-likeness (QED) is 0.862. The Balaban J connectivity index is 2.60. The van der Waals surface area contributed by atoms with Gasteiger partial charge >= 0.3 is 0 Å². The summed E-state index contributed by atoms with van der Waals surface area (Å²) in [5.41, 5.74) is 6.23. The highest BCUT2D eigenvalue weighted by atomic mass is 35.5. The van der Waals surface area contributed by atoms with Crippen LogP contribution >= 0.6 is 11.6 Å². The molecule has 88 valence electrons. The van der Waals surface area contributed by atoms with E-state index in [1.807, 2.05) is 0 Å². The molecule has 0 aliphatic carbocycles. The second kappa shape index (κ2) is 4.55. The molecule has 1 heterocycles. The zero-order valence-corrected chi connectivity index (χ0v) is 9.79. The standard InChI is InChI=1S/C11H10ClFN4/c1-15-9-5-8(16-11(14)17-9)6-3-2-4-7(12)10(6)13/h2-5H,1H3,(H3,14,15,16,17). The molecule has 3 N–H and O–H groups in total. The maximum absolute atomic E-state index is 13.8. The third-order valence-corrected chi connectivity index (χ3v) is 2.52. The van der Waals surface area contributed by atoms with Crippen molar-refractivity contribution in [2.75, 3.05) is 18.1 Å². The molecule has 1 aromatic carbocycles. The first kappa shape index (κ1) is 11.6. The van der Waals surface area contributed by atoms with Crippen LogP contribution < -0.4 is 11.1 Å². The van der Waals surface area contributed by atoms with Crippen LogP contribution in [-0.4, -0.2) is 17.0 Å². The van der Waals surface area contributed by atoms with Crippen molar-refractivity contribution in [3.63, 3.8) is 0 Å². The summed E-state index contributed by atoms with van der Waals surface area (Å²) in [7, 11) is 1.69. The number of halogens is 2. The summed E-state index contributed by atoms with van der Waals surface area (Å²) in [5, 5.41) is 2.87. The summed E-state index contributed by atoms with van der Waals surface area (Å²) in [6, 6.07) is 6.32. The fourth-order valence-electron chi connectivity index (χ4n) is 1.43. The number of nitrogen functional groups attached to an aromatic ring is 1. The van der Waals surface area contributed by atoms with Crippen molar-refractivity contribution in [1.82, 2.24) is 9.97 Å². The molecule has 0 atom stereocenters. The van der Waals surface area contributed by atoms with Gasteiger partial charge in [0.1, 0.15) is 5.82 Å². The molecular formula is C11H10ClFN4. The number of hydrogen-bond acceptors (Lipinski definition) is 4. The summed E-state index contributed by atoms with van der Waals surface area (Å²) < 4.78 is 13.8. The smallest absolute Gasteiger partial charge is 0.222 e. The molecular weight excluding hydrogens is 243 g/mol. The van der Waals surface area contributed by atoms with Gasteiger partial charge in [-0.15, -0.1) is 0 Å². The second-order valence-corrected chi connectivity index (χ2v) is 3.76. The van der Waals surface area contributed by atoms with Gasteiger partial charge in [-0.2, -0.15) is 4.98 Å². The van der Waals surface area contributed by atoms with E-state index in [-0.39, 0.29) is 11.0 Å². The Hall–Kier alpha value is -1.88. The Morgan fingerprint density at radius 3 is 2.82 bits per heavy atom. The lowest BCUT2D eigenvalue weighted by atomic mass is 10.1. The topological polar surface area (TPSA) is 63.8 Å². The lowest BCUT2D eigenvalue weighted by Crippen LogP contribution is -2.01. The molecule has 0 radical (unpaired) electrons. The average Bonchev–Trinajstić information content (AvgIpc) is 2.31. The number of nitrogens with zero attached hydrogens (tertiary/aromatic N) is 2. The van der Waals surface area contributed by atoms with Crippen molar-refractivity contribution in [1.29, 1.82) is 0 Å². The van der Waals surface area contributed by atoms with Gasteiger partial charge < -0.3 is 11.1 Å². The molecule has 4 nitrogen and oxygen atoms in total. The third-order valence-electron chi connectivity index (χ3n) is 2.23. The van der Waals surface area contributed by atoms with Crippen LogP contribution in [0.2, 0.25) is 5.02 Å². The molecule has 1 aromatic heterocycles. The zero-order chi connectivity index (χ0) is 12.4. The predicted molar refractivity (Wildman–Crippen MR) is 66.4 cm³/mol. The van der Waals surface area contributed by atoms with Crippen LogP contribution in [0.1, 0.15) is 0 Å². The van der Waals surface area contributed by atoms with E-state index in [1.165, 1.54) is 6.07 Å². The maximum atomic E-state index is 13.8. The summed E-state index contributed by atoms with van der Waals surface area (Å²) in [5.74, 6) is 0.0763. The van der Waals surface area contributed by atoms with Crippen LogP contribution in [0.25, 0.3) is 11.3 Å². The Morgan fingerprint density at radius 2 is 2.12 bits per heavy atom. The minimum Gasteiger partial charge on any atom is -0.373 e. The Kier molecular flexibility index (Phi) is 3.10. The summed E-state index contributed by atoms with van der Waals surface area (Å²) in [6.07, 6.45) is 0. The van der Waals surface area contributed by atoms with Crippen LogP contribution in [0.3, 0.4) is 0 Å². The molecule has 2 aromatic rings. The fourth-order valence-corrected chi connectivity index (χ4v) is 1.61. The Morgan fingerprint density at radius 1 is 1.35 bits per heavy atom. The SMILES string of the molecule is CNc1cc(-c2cccc(Cl)c2F)nc(N)n1. The molecule has 0 amide bonds. The highest BCUT2D eigenvalue weighted by molar-refractivity contribution is 6.31. The molecule has 0 bridgehead atoms. The van der Waals surface area contributed by atoms with Crippen LogP contribution in [0, 0.1) is 5.82 Å². The minimum atomic E-state index is -0.519. The van der Waals surface area contributed by atoms with Crippen LogP contribution in [-0.2, 0) is 0 Å². The van der Waals surface area contributed by atoms with Crippen molar-refractivity contribution in [3.8, 4) is 11.3 Å². The summed E-state index contributed by atoms with van der Waals surface area (Å²) in [6.45, 7) is 0. The first-order valence-corrected chi connectivity index (χ1v) is 5.26. The molecule has 0 aliphatic heterocycles. The fraction of sp³-hybridized carbons (Fsp3) is 0.0909. The van der Waals surface area contributed by atoms with Gasteiger partial charge in [0.05, 0.1) is 10.7 Å². The number of anilines is 2. The lowest BCUT2D eigenvalue weighted by molar-refractivity contribution is 0.631. The first-order valence-electron chi connectivity index (χ1n) is 4.88. The highest BCUT2D eigenvalue weighted by Gasteiger charge is 2.11. The van der Waals surface area contributed by atoms with E-state index in [1.54, 1.807) is 25.2 Å². The molecule has 6 heteroatoms. The van der Waals surface area contributed by atoms with E-state index in [0.29, 0.717) is 17.1 Å². The molecule has 17 heavy (non-hydrogen) atoms. The minimum absolute atomic E-state index is 0.0469. The van der Waals surface area contributed by atoms with Crippen molar-refractivity contribution >= 4 is 23.4 Å². The van der Waals surface area contributed by atoms with Gasteiger partial charge in [0.2, 0.25) is 5.95 Å². The van der Waals surface area contributed by atoms with Gasteiger partial charge in [0.15, 0.2) is 5.82 Å². The molecule has 2 rings (SSSR count). The van der Waals surface area contributed by atoms with Crippen LogP contribution in [0.15, 0.2) is 24.3 Å². The van der Waals surface area contributed by atoms with Crippen LogP contribution in [0.4, 0.5) is 16.2 Å². The van der Waals surface area contributed by atoms with Gasteiger partial charge in [-0.1, -0.05) is 17.7 Å². The van der Waals surface area contributed by atoms with E-state index < -0.39 is 5.82 Å². The van der Waals surface area contributed by atoms with Gasteiger partial charge in [0, 0.05) is 18.7 Å². The highest BCUT2D eigenvalue weighted by Crippen LogP contribution is 2.27. The number of nitrogens with one attached hydrogen (secondary N) is 1. The van der Waals surface area contributed by atoms with Gasteiger partial charge in [-0.25, -0.2) is 9.37 Å². The number of hydrogen-bond donors (Lipinski definition) is 2. The van der Waals surface area contributed by atoms with E-state index >= 15 is 0 Å². The number of rotatable bonds is 2. The summed E-state index contributed by atoms with van der Waals surface area (Å²) >= 11 is 5.71. The summed E-state index contributed by atoms with van der Waals surface area (Å²) in [4.78, 5) is 7.91. The van der Waals surface area contributed by atoms with E-state index in [4.69, 9.17) is 17.3 Å². The van der Waals surface area contributed by atoms with Gasteiger partial charge in [-0.3, -0.25) is 0 Å². The van der Waals surface area contributed by atoms with Crippen molar-refractivity contribution in [2.45, 2.75) is 0 Å². The first-order chi connectivity index (χ1) is 8.11. The van der Waals surface area contributed by atoms with Gasteiger partial charge in [0.25, 0.3) is 0 Å². The predicted octanol–water partition coefficient (Wildman–Crippen LogP) is 2.56. The average molecular weight is 253 g/mol. The lowest BCUT2D eigenvalue weighted by Gasteiger charge is -2.07. The molecule has 0 saturated heterocycles. The zero-order valence-electron chi connectivity index (χ0n) is 9.04. The van der Waals surface area contributed by atoms with Gasteiger partial charge in [-0.05, 0) is 12.1 Å². The number of benzene rings is 1. The molecule has 0 spiro atoms. The van der Waals surface area contributed by atoms with Crippen LogP contribution in [0.5, 0.6) is 0 Å². The normalized spacial score (nSPS) is 10.3. The van der Waals surface area contributed by atoms with Crippen molar-refractivity contribution in [2.24, 2.45) is 0 Å². The van der Waals surface area contributed by atoms with E-state index in [9.17, 15) is 4.39 Å². The molecule has 0 unspecified atom stereocenters. The third kappa shape index (κ3) is 2.29. The van der Waals surface area contributed by atoms with Crippen molar-refractivity contribution < 1.29 is 4.39 Å². The Labute approximate surface area is 103 Å². The van der Waals surface area contributed by atoms with Crippen molar-refractivity contribution in [3.05, 3.63) is 35.1 Å². The number of aromatic nitrogens is 2. The second-order valence-electron chi connectivity index (χ2n) is 3.35. The molecule has 0 fully saturated rings.